The van der Waals surface area contributed by atoms with Gasteiger partial charge in [-0.25, -0.2) is 4.79 Å². The third kappa shape index (κ3) is 5.21. The van der Waals surface area contributed by atoms with E-state index in [2.05, 4.69) is 39.9 Å². The van der Waals surface area contributed by atoms with Gasteiger partial charge in [-0.1, -0.05) is 66.7 Å². The highest BCUT2D eigenvalue weighted by Gasteiger charge is 2.19. The molecule has 5 nitrogen and oxygen atoms in total. The minimum atomic E-state index is -0.341. The largest absolute Gasteiger partial charge is 0.508 e. The Kier molecular flexibility index (Phi) is 6.95. The number of esters is 1. The second kappa shape index (κ2) is 10.8. The number of aromatic hydroxyl groups is 1. The molecular formula is C32H26N2O3. The lowest BCUT2D eigenvalue weighted by molar-refractivity contribution is 0.0526. The van der Waals surface area contributed by atoms with Gasteiger partial charge < -0.3 is 14.4 Å². The number of ether oxygens (including phenoxy) is 1. The first kappa shape index (κ1) is 23.8. The van der Waals surface area contributed by atoms with Crippen LogP contribution in [-0.4, -0.2) is 28.5 Å². The molecule has 1 N–H and O–H groups in total. The molecule has 0 saturated heterocycles. The minimum absolute atomic E-state index is 0.169. The highest BCUT2D eigenvalue weighted by Crippen LogP contribution is 2.36. The van der Waals surface area contributed by atoms with E-state index in [9.17, 15) is 9.90 Å². The van der Waals surface area contributed by atoms with E-state index in [-0.39, 0.29) is 11.7 Å². The Morgan fingerprint density at radius 1 is 0.838 bits per heavy atom. The van der Waals surface area contributed by atoms with Gasteiger partial charge in [-0.05, 0) is 60.5 Å². The van der Waals surface area contributed by atoms with Gasteiger partial charge >= 0.3 is 5.97 Å². The number of nitrogens with zero attached hydrogens (tertiary/aromatic N) is 2. The van der Waals surface area contributed by atoms with Gasteiger partial charge in [-0.15, -0.1) is 0 Å². The van der Waals surface area contributed by atoms with Crippen molar-refractivity contribution in [2.24, 2.45) is 4.99 Å². The summed E-state index contributed by atoms with van der Waals surface area (Å²) in [6.07, 6.45) is 1.83. The maximum absolute atomic E-state index is 12.3. The normalized spacial score (nSPS) is 11.1. The van der Waals surface area contributed by atoms with Crippen molar-refractivity contribution in [2.75, 3.05) is 6.61 Å². The maximum Gasteiger partial charge on any atom is 0.338 e. The van der Waals surface area contributed by atoms with Crippen molar-refractivity contribution in [3.05, 3.63) is 126 Å². The molecule has 0 radical (unpaired) electrons. The smallest absolute Gasteiger partial charge is 0.338 e. The molecule has 0 saturated carbocycles. The Balaban J connectivity index is 1.72. The van der Waals surface area contributed by atoms with Crippen LogP contribution in [0.2, 0.25) is 0 Å². The number of hydrogen-bond acceptors (Lipinski definition) is 4. The van der Waals surface area contributed by atoms with Crippen molar-refractivity contribution < 1.29 is 14.6 Å². The van der Waals surface area contributed by atoms with Crippen molar-refractivity contribution in [1.82, 2.24) is 4.57 Å². The van der Waals surface area contributed by atoms with Crippen LogP contribution in [0.4, 0.5) is 5.69 Å². The van der Waals surface area contributed by atoms with Gasteiger partial charge in [0.05, 0.1) is 29.2 Å². The Labute approximate surface area is 216 Å². The summed E-state index contributed by atoms with van der Waals surface area (Å²) in [6, 6.07) is 36.7. The van der Waals surface area contributed by atoms with Crippen LogP contribution in [0.25, 0.3) is 28.2 Å². The standard InChI is InChI=1S/C32H26N2O3/c1-2-37-32(36)25-16-18-28(19-17-25)34-30(23-10-5-3-6-11-23)20-26(31(34)24-12-7-4-8-13-24)22-33-27-14-9-15-29(35)21-27/h3-22,35H,2H2,1H3. The molecule has 0 aliphatic rings. The molecule has 5 aromatic rings. The first-order valence-electron chi connectivity index (χ1n) is 12.1. The Hall–Kier alpha value is -4.90. The number of phenolic OH excluding ortho intramolecular Hbond substituents is 1. The highest BCUT2D eigenvalue weighted by atomic mass is 16.5. The van der Waals surface area contributed by atoms with E-state index in [0.29, 0.717) is 17.9 Å². The van der Waals surface area contributed by atoms with Gasteiger partial charge in [0.15, 0.2) is 0 Å². The summed E-state index contributed by atoms with van der Waals surface area (Å²) in [4.78, 5) is 16.9. The van der Waals surface area contributed by atoms with Crippen LogP contribution in [0.5, 0.6) is 5.75 Å². The fourth-order valence-corrected chi connectivity index (χ4v) is 4.29. The fraction of sp³-hybridized carbons (Fsp3) is 0.0625. The van der Waals surface area contributed by atoms with Gasteiger partial charge in [0.1, 0.15) is 5.75 Å². The average molecular weight is 487 g/mol. The van der Waals surface area contributed by atoms with E-state index in [4.69, 9.17) is 4.74 Å². The number of aliphatic imine (C=N–C) groups is 1. The van der Waals surface area contributed by atoms with Gasteiger partial charge in [0.2, 0.25) is 0 Å². The molecule has 0 unspecified atom stereocenters. The zero-order valence-corrected chi connectivity index (χ0v) is 20.4. The quantitative estimate of drug-likeness (QED) is 0.192. The number of phenols is 1. The predicted molar refractivity (Wildman–Crippen MR) is 148 cm³/mol. The van der Waals surface area contributed by atoms with Crippen LogP contribution in [0, 0.1) is 0 Å². The SMILES string of the molecule is CCOC(=O)c1ccc(-n2c(-c3ccccc3)cc(C=Nc3cccc(O)c3)c2-c2ccccc2)cc1. The van der Waals surface area contributed by atoms with Crippen LogP contribution in [0.15, 0.2) is 120 Å². The number of carbonyl (C=O) groups is 1. The van der Waals surface area contributed by atoms with Crippen LogP contribution in [0.1, 0.15) is 22.8 Å². The number of hydrogen-bond donors (Lipinski definition) is 1. The molecule has 5 rings (SSSR count). The van der Waals surface area contributed by atoms with Crippen molar-refractivity contribution in [2.45, 2.75) is 6.92 Å². The second-order valence-electron chi connectivity index (χ2n) is 8.45. The van der Waals surface area contributed by atoms with E-state index >= 15 is 0 Å². The third-order valence-electron chi connectivity index (χ3n) is 5.97. The molecule has 0 aliphatic heterocycles. The number of carbonyl (C=O) groups excluding carboxylic acids is 1. The van der Waals surface area contributed by atoms with Gasteiger partial charge in [0, 0.05) is 23.5 Å². The number of benzene rings is 4. The topological polar surface area (TPSA) is 63.8 Å². The summed E-state index contributed by atoms with van der Waals surface area (Å²) in [5, 5.41) is 9.87. The molecule has 37 heavy (non-hydrogen) atoms. The molecule has 4 aromatic carbocycles. The molecule has 0 aliphatic carbocycles. The predicted octanol–water partition coefficient (Wildman–Crippen LogP) is 7.44. The summed E-state index contributed by atoms with van der Waals surface area (Å²) >= 11 is 0. The lowest BCUT2D eigenvalue weighted by Gasteiger charge is -2.15. The Bertz CT molecular complexity index is 1540. The first-order chi connectivity index (χ1) is 18.1. The molecule has 1 heterocycles. The molecule has 1 aromatic heterocycles. The first-order valence-corrected chi connectivity index (χ1v) is 12.1. The maximum atomic E-state index is 12.3. The van der Waals surface area contributed by atoms with Gasteiger partial charge in [-0.2, -0.15) is 0 Å². The zero-order chi connectivity index (χ0) is 25.6. The summed E-state index contributed by atoms with van der Waals surface area (Å²) in [6.45, 7) is 2.13. The minimum Gasteiger partial charge on any atom is -0.508 e. The molecule has 5 heteroatoms. The monoisotopic (exact) mass is 486 g/mol. The summed E-state index contributed by atoms with van der Waals surface area (Å²) in [7, 11) is 0. The third-order valence-corrected chi connectivity index (χ3v) is 5.97. The van der Waals surface area contributed by atoms with E-state index in [1.54, 1.807) is 37.3 Å². The summed E-state index contributed by atoms with van der Waals surface area (Å²) in [5.41, 5.74) is 7.01. The Morgan fingerprint density at radius 3 is 2.16 bits per heavy atom. The van der Waals surface area contributed by atoms with Crippen molar-refractivity contribution in [1.29, 1.82) is 0 Å². The summed E-state index contributed by atoms with van der Waals surface area (Å²) in [5.74, 6) is -0.172. The molecular weight excluding hydrogens is 460 g/mol. The van der Waals surface area contributed by atoms with Crippen LogP contribution >= 0.6 is 0 Å². The van der Waals surface area contributed by atoms with E-state index in [1.807, 2.05) is 60.8 Å². The summed E-state index contributed by atoms with van der Waals surface area (Å²) < 4.78 is 7.35. The van der Waals surface area contributed by atoms with E-state index < -0.39 is 0 Å². The molecule has 0 bridgehead atoms. The van der Waals surface area contributed by atoms with Crippen molar-refractivity contribution in [3.63, 3.8) is 0 Å². The molecule has 0 fully saturated rings. The van der Waals surface area contributed by atoms with Gasteiger partial charge in [0.25, 0.3) is 0 Å². The number of aromatic nitrogens is 1. The fourth-order valence-electron chi connectivity index (χ4n) is 4.29. The zero-order valence-electron chi connectivity index (χ0n) is 20.4. The van der Waals surface area contributed by atoms with Crippen LogP contribution in [0.3, 0.4) is 0 Å². The van der Waals surface area contributed by atoms with Crippen molar-refractivity contribution >= 4 is 17.9 Å². The van der Waals surface area contributed by atoms with E-state index in [1.165, 1.54) is 0 Å². The van der Waals surface area contributed by atoms with Crippen LogP contribution < -0.4 is 0 Å². The average Bonchev–Trinajstić information content (AvgIpc) is 3.33. The second-order valence-corrected chi connectivity index (χ2v) is 8.45. The molecule has 0 amide bonds. The lowest BCUT2D eigenvalue weighted by Crippen LogP contribution is -2.05. The highest BCUT2D eigenvalue weighted by molar-refractivity contribution is 5.95. The van der Waals surface area contributed by atoms with Gasteiger partial charge in [-0.3, -0.25) is 4.99 Å². The molecule has 0 spiro atoms. The Morgan fingerprint density at radius 2 is 1.51 bits per heavy atom. The lowest BCUT2D eigenvalue weighted by atomic mass is 10.1. The van der Waals surface area contributed by atoms with E-state index in [0.717, 1.165) is 33.8 Å². The molecule has 0 atom stereocenters. The van der Waals surface area contributed by atoms with Crippen LogP contribution in [-0.2, 0) is 4.74 Å². The van der Waals surface area contributed by atoms with Crippen molar-refractivity contribution in [3.8, 4) is 34.0 Å². The number of rotatable bonds is 7. The molecule has 182 valence electrons.